The van der Waals surface area contributed by atoms with E-state index in [0.717, 1.165) is 17.5 Å². The molecule has 0 amide bonds. The largest absolute Gasteiger partial charge is 0.478 e. The monoisotopic (exact) mass is 294 g/mol. The van der Waals surface area contributed by atoms with E-state index in [0.29, 0.717) is 17.8 Å². The maximum absolute atomic E-state index is 11.3. The van der Waals surface area contributed by atoms with E-state index in [9.17, 15) is 9.90 Å². The van der Waals surface area contributed by atoms with E-state index in [2.05, 4.69) is 22.4 Å². The summed E-state index contributed by atoms with van der Waals surface area (Å²) in [5, 5.41) is 13.7. The molecule has 0 radical (unpaired) electrons. The minimum Gasteiger partial charge on any atom is -0.478 e. The van der Waals surface area contributed by atoms with E-state index >= 15 is 0 Å². The van der Waals surface area contributed by atoms with Crippen LogP contribution in [0.5, 0.6) is 0 Å². The molecule has 4 heteroatoms. The number of rotatable bonds is 5. The van der Waals surface area contributed by atoms with Gasteiger partial charge in [0.15, 0.2) is 0 Å². The molecule has 0 aliphatic carbocycles. The molecule has 3 N–H and O–H groups in total. The van der Waals surface area contributed by atoms with Gasteiger partial charge in [0.1, 0.15) is 0 Å². The van der Waals surface area contributed by atoms with E-state index in [1.165, 1.54) is 10.9 Å². The zero-order chi connectivity index (χ0) is 15.5. The number of carbonyl (C=O) groups is 1. The summed E-state index contributed by atoms with van der Waals surface area (Å²) in [7, 11) is 0. The molecule has 0 atom stereocenters. The maximum Gasteiger partial charge on any atom is 0.337 e. The van der Waals surface area contributed by atoms with Gasteiger partial charge in [-0.3, -0.25) is 0 Å². The number of carboxylic acid groups (broad SMARTS) is 1. The van der Waals surface area contributed by atoms with E-state index < -0.39 is 5.97 Å². The summed E-state index contributed by atoms with van der Waals surface area (Å²) in [5.74, 6) is -0.904. The van der Waals surface area contributed by atoms with Crippen molar-refractivity contribution in [1.29, 1.82) is 0 Å². The molecule has 0 saturated carbocycles. The Balaban J connectivity index is 1.72. The number of aryl methyl sites for hydroxylation is 1. The zero-order valence-electron chi connectivity index (χ0n) is 12.4. The van der Waals surface area contributed by atoms with Crippen molar-refractivity contribution in [1.82, 2.24) is 4.98 Å². The minimum atomic E-state index is -0.904. The fourth-order valence-electron chi connectivity index (χ4n) is 2.66. The topological polar surface area (TPSA) is 65.1 Å². The third-order valence-electron chi connectivity index (χ3n) is 3.79. The van der Waals surface area contributed by atoms with Crippen LogP contribution < -0.4 is 5.32 Å². The molecule has 3 rings (SSSR count). The van der Waals surface area contributed by atoms with Crippen molar-refractivity contribution in [2.75, 3.05) is 11.9 Å². The fraction of sp³-hybridized carbons (Fsp3) is 0.167. The first kappa shape index (κ1) is 14.2. The van der Waals surface area contributed by atoms with E-state index in [-0.39, 0.29) is 0 Å². The molecule has 2 aromatic carbocycles. The highest BCUT2D eigenvalue weighted by molar-refractivity contribution is 5.94. The van der Waals surface area contributed by atoms with Crippen molar-refractivity contribution in [2.45, 2.75) is 13.3 Å². The van der Waals surface area contributed by atoms with Crippen LogP contribution in [0.4, 0.5) is 5.69 Å². The van der Waals surface area contributed by atoms with Crippen molar-refractivity contribution >= 4 is 22.6 Å². The third-order valence-corrected chi connectivity index (χ3v) is 3.79. The Labute approximate surface area is 128 Å². The molecule has 22 heavy (non-hydrogen) atoms. The second-order valence-electron chi connectivity index (χ2n) is 5.39. The number of hydrogen-bond acceptors (Lipinski definition) is 2. The van der Waals surface area contributed by atoms with Gasteiger partial charge >= 0.3 is 5.97 Å². The quantitative estimate of drug-likeness (QED) is 0.670. The van der Waals surface area contributed by atoms with Crippen molar-refractivity contribution in [3.05, 3.63) is 65.4 Å². The van der Waals surface area contributed by atoms with Crippen LogP contribution in [0.2, 0.25) is 0 Å². The van der Waals surface area contributed by atoms with Crippen LogP contribution in [0.15, 0.2) is 48.7 Å². The highest BCUT2D eigenvalue weighted by Crippen LogP contribution is 2.20. The van der Waals surface area contributed by atoms with E-state index in [4.69, 9.17) is 0 Å². The highest BCUT2D eigenvalue weighted by atomic mass is 16.4. The molecule has 112 valence electrons. The Kier molecular flexibility index (Phi) is 3.83. The molecule has 0 saturated heterocycles. The summed E-state index contributed by atoms with van der Waals surface area (Å²) < 4.78 is 0. The lowest BCUT2D eigenvalue weighted by atomic mass is 10.1. The lowest BCUT2D eigenvalue weighted by Crippen LogP contribution is -2.09. The van der Waals surface area contributed by atoms with Crippen molar-refractivity contribution in [3.63, 3.8) is 0 Å². The van der Waals surface area contributed by atoms with Gasteiger partial charge in [0, 0.05) is 29.3 Å². The van der Waals surface area contributed by atoms with Gasteiger partial charge in [-0.2, -0.15) is 0 Å². The van der Waals surface area contributed by atoms with Crippen LogP contribution in [0.1, 0.15) is 21.5 Å². The van der Waals surface area contributed by atoms with Gasteiger partial charge in [-0.15, -0.1) is 0 Å². The van der Waals surface area contributed by atoms with Gasteiger partial charge in [0.2, 0.25) is 0 Å². The maximum atomic E-state index is 11.3. The summed E-state index contributed by atoms with van der Waals surface area (Å²) in [4.78, 5) is 14.5. The number of para-hydroxylation sites is 1. The lowest BCUT2D eigenvalue weighted by Gasteiger charge is -2.10. The number of anilines is 1. The predicted molar refractivity (Wildman–Crippen MR) is 88.6 cm³/mol. The summed E-state index contributed by atoms with van der Waals surface area (Å²) in [6, 6.07) is 13.6. The average Bonchev–Trinajstić information content (AvgIpc) is 2.92. The van der Waals surface area contributed by atoms with E-state index in [1.807, 2.05) is 37.4 Å². The molecule has 1 aromatic heterocycles. The number of hydrogen-bond donors (Lipinski definition) is 3. The van der Waals surface area contributed by atoms with Gasteiger partial charge in [0.05, 0.1) is 5.56 Å². The first-order chi connectivity index (χ1) is 10.6. The van der Waals surface area contributed by atoms with Crippen LogP contribution in [-0.2, 0) is 6.42 Å². The van der Waals surface area contributed by atoms with Crippen molar-refractivity contribution in [3.8, 4) is 0 Å². The number of aromatic carboxylic acids is 1. The molecular formula is C18H18N2O2. The van der Waals surface area contributed by atoms with Crippen LogP contribution in [-0.4, -0.2) is 22.6 Å². The zero-order valence-corrected chi connectivity index (χ0v) is 12.4. The molecule has 0 spiro atoms. The second-order valence-corrected chi connectivity index (χ2v) is 5.39. The number of nitrogens with one attached hydrogen (secondary N) is 2. The van der Waals surface area contributed by atoms with Crippen molar-refractivity contribution in [2.24, 2.45) is 0 Å². The fourth-order valence-corrected chi connectivity index (χ4v) is 2.66. The first-order valence-electron chi connectivity index (χ1n) is 7.28. The standard InChI is InChI=1S/C18H18N2O2/c1-12-6-7-17(15(10-12)18(21)22)19-9-8-13-11-20-16-5-3-2-4-14(13)16/h2-7,10-11,19-20H,8-9H2,1H3,(H,21,22). The summed E-state index contributed by atoms with van der Waals surface area (Å²) >= 11 is 0. The molecule has 4 nitrogen and oxygen atoms in total. The Morgan fingerprint density at radius 1 is 1.23 bits per heavy atom. The van der Waals surface area contributed by atoms with Crippen LogP contribution >= 0.6 is 0 Å². The number of benzene rings is 2. The second kappa shape index (κ2) is 5.93. The van der Waals surface area contributed by atoms with Gasteiger partial charge in [0.25, 0.3) is 0 Å². The number of aromatic nitrogens is 1. The Bertz CT molecular complexity index is 821. The average molecular weight is 294 g/mol. The number of fused-ring (bicyclic) bond motifs is 1. The van der Waals surface area contributed by atoms with Gasteiger partial charge in [-0.25, -0.2) is 4.79 Å². The normalized spacial score (nSPS) is 10.8. The number of aromatic amines is 1. The molecule has 1 heterocycles. The molecule has 0 bridgehead atoms. The summed E-state index contributed by atoms with van der Waals surface area (Å²) in [6.07, 6.45) is 2.84. The smallest absolute Gasteiger partial charge is 0.337 e. The molecule has 0 unspecified atom stereocenters. The van der Waals surface area contributed by atoms with Crippen LogP contribution in [0.25, 0.3) is 10.9 Å². The summed E-state index contributed by atoms with van der Waals surface area (Å²) in [6.45, 7) is 2.58. The third kappa shape index (κ3) is 2.81. The van der Waals surface area contributed by atoms with Crippen LogP contribution in [0, 0.1) is 6.92 Å². The van der Waals surface area contributed by atoms with Gasteiger partial charge in [-0.1, -0.05) is 29.8 Å². The SMILES string of the molecule is Cc1ccc(NCCc2c[nH]c3ccccc23)c(C(=O)O)c1. The molecular weight excluding hydrogens is 276 g/mol. The molecule has 3 aromatic rings. The highest BCUT2D eigenvalue weighted by Gasteiger charge is 2.10. The predicted octanol–water partition coefficient (Wildman–Crippen LogP) is 3.83. The Morgan fingerprint density at radius 2 is 2.05 bits per heavy atom. The van der Waals surface area contributed by atoms with Crippen LogP contribution in [0.3, 0.4) is 0 Å². The van der Waals surface area contributed by atoms with E-state index in [1.54, 1.807) is 6.07 Å². The minimum absolute atomic E-state index is 0.318. The Morgan fingerprint density at radius 3 is 2.86 bits per heavy atom. The van der Waals surface area contributed by atoms with Gasteiger partial charge in [-0.05, 0) is 37.1 Å². The molecule has 0 aliphatic rings. The number of carboxylic acids is 1. The Hall–Kier alpha value is -2.75. The molecule has 0 aliphatic heterocycles. The summed E-state index contributed by atoms with van der Waals surface area (Å²) in [5.41, 5.74) is 4.28. The van der Waals surface area contributed by atoms with Gasteiger partial charge < -0.3 is 15.4 Å². The molecule has 0 fully saturated rings. The lowest BCUT2D eigenvalue weighted by molar-refractivity contribution is 0.0698. The number of H-pyrrole nitrogens is 1. The first-order valence-corrected chi connectivity index (χ1v) is 7.28. The van der Waals surface area contributed by atoms with Crippen molar-refractivity contribution < 1.29 is 9.90 Å².